The number of carbonyl (C=O) groups excluding carboxylic acids is 1. The second kappa shape index (κ2) is 8.14. The maximum Gasteiger partial charge on any atom is 0.326 e. The van der Waals surface area contributed by atoms with Crippen molar-refractivity contribution >= 4 is 11.9 Å². The Hall–Kier alpha value is -1.84. The van der Waals surface area contributed by atoms with E-state index in [1.807, 2.05) is 51.1 Å². The van der Waals surface area contributed by atoms with Crippen molar-refractivity contribution < 1.29 is 14.7 Å². The van der Waals surface area contributed by atoms with Gasteiger partial charge in [0.2, 0.25) is 5.91 Å². The highest BCUT2D eigenvalue weighted by Crippen LogP contribution is 2.31. The monoisotopic (exact) mass is 319 g/mol. The SMILES string of the molecule is CC(C)CC(C(=O)N[C@@H](Cc1ccccc1)C(=O)O)C(C)(C)C. The first kappa shape index (κ1) is 19.2. The van der Waals surface area contributed by atoms with Crippen LogP contribution >= 0.6 is 0 Å². The van der Waals surface area contributed by atoms with Gasteiger partial charge in [0.1, 0.15) is 6.04 Å². The smallest absolute Gasteiger partial charge is 0.326 e. The van der Waals surface area contributed by atoms with Gasteiger partial charge in [0.25, 0.3) is 0 Å². The lowest BCUT2D eigenvalue weighted by Gasteiger charge is -2.32. The summed E-state index contributed by atoms with van der Waals surface area (Å²) in [6.45, 7) is 10.2. The van der Waals surface area contributed by atoms with Gasteiger partial charge in [-0.25, -0.2) is 4.79 Å². The van der Waals surface area contributed by atoms with Crippen LogP contribution in [0.15, 0.2) is 30.3 Å². The highest BCUT2D eigenvalue weighted by atomic mass is 16.4. The van der Waals surface area contributed by atoms with Crippen LogP contribution in [0.25, 0.3) is 0 Å². The fourth-order valence-electron chi connectivity index (χ4n) is 2.65. The van der Waals surface area contributed by atoms with Gasteiger partial charge in [0.15, 0.2) is 0 Å². The highest BCUT2D eigenvalue weighted by Gasteiger charge is 2.34. The van der Waals surface area contributed by atoms with E-state index in [1.54, 1.807) is 0 Å². The lowest BCUT2D eigenvalue weighted by molar-refractivity contribution is -0.143. The molecule has 4 heteroatoms. The van der Waals surface area contributed by atoms with E-state index in [2.05, 4.69) is 19.2 Å². The van der Waals surface area contributed by atoms with E-state index in [9.17, 15) is 14.7 Å². The van der Waals surface area contributed by atoms with Crippen molar-refractivity contribution in [3.05, 3.63) is 35.9 Å². The lowest BCUT2D eigenvalue weighted by Crippen LogP contribution is -2.47. The molecule has 2 atom stereocenters. The number of benzene rings is 1. The zero-order valence-corrected chi connectivity index (χ0v) is 14.8. The predicted octanol–water partition coefficient (Wildman–Crippen LogP) is 3.51. The van der Waals surface area contributed by atoms with E-state index in [4.69, 9.17) is 0 Å². The van der Waals surface area contributed by atoms with Crippen LogP contribution in [0.2, 0.25) is 0 Å². The van der Waals surface area contributed by atoms with Gasteiger partial charge in [0, 0.05) is 12.3 Å². The summed E-state index contributed by atoms with van der Waals surface area (Å²) in [5.41, 5.74) is 0.695. The minimum absolute atomic E-state index is 0.172. The third-order valence-corrected chi connectivity index (χ3v) is 3.97. The molecule has 0 bridgehead atoms. The van der Waals surface area contributed by atoms with Crippen molar-refractivity contribution in [2.24, 2.45) is 17.3 Å². The number of amides is 1. The van der Waals surface area contributed by atoms with Gasteiger partial charge < -0.3 is 10.4 Å². The molecule has 2 N–H and O–H groups in total. The summed E-state index contributed by atoms with van der Waals surface area (Å²) in [4.78, 5) is 24.2. The molecule has 23 heavy (non-hydrogen) atoms. The summed E-state index contributed by atoms with van der Waals surface area (Å²) < 4.78 is 0. The topological polar surface area (TPSA) is 66.4 Å². The second-order valence-corrected chi connectivity index (χ2v) is 7.64. The normalized spacial score (nSPS) is 14.3. The molecule has 0 saturated heterocycles. The molecule has 0 heterocycles. The fourth-order valence-corrected chi connectivity index (χ4v) is 2.65. The Kier molecular flexibility index (Phi) is 6.79. The van der Waals surface area contributed by atoms with Gasteiger partial charge in [-0.2, -0.15) is 0 Å². The Morgan fingerprint density at radius 2 is 1.70 bits per heavy atom. The van der Waals surface area contributed by atoms with Crippen molar-refractivity contribution in [3.63, 3.8) is 0 Å². The Morgan fingerprint density at radius 3 is 2.13 bits per heavy atom. The number of hydrogen-bond acceptors (Lipinski definition) is 2. The van der Waals surface area contributed by atoms with Gasteiger partial charge in [-0.1, -0.05) is 65.0 Å². The minimum atomic E-state index is -1.00. The Bertz CT molecular complexity index is 517. The third-order valence-electron chi connectivity index (χ3n) is 3.97. The van der Waals surface area contributed by atoms with E-state index < -0.39 is 12.0 Å². The molecule has 0 aliphatic rings. The molecule has 0 aliphatic heterocycles. The highest BCUT2D eigenvalue weighted by molar-refractivity contribution is 5.85. The maximum absolute atomic E-state index is 12.7. The van der Waals surface area contributed by atoms with Crippen LogP contribution in [0.5, 0.6) is 0 Å². The molecule has 0 aliphatic carbocycles. The number of carboxylic acid groups (broad SMARTS) is 1. The van der Waals surface area contributed by atoms with Crippen LogP contribution in [0.1, 0.15) is 46.6 Å². The summed E-state index contributed by atoms with van der Waals surface area (Å²) in [7, 11) is 0. The molecule has 0 fully saturated rings. The molecule has 0 aromatic heterocycles. The summed E-state index contributed by atoms with van der Waals surface area (Å²) in [5, 5.41) is 12.2. The molecule has 1 rings (SSSR count). The van der Waals surface area contributed by atoms with Crippen molar-refractivity contribution in [2.45, 2.75) is 53.5 Å². The number of rotatable bonds is 7. The van der Waals surface area contributed by atoms with Crippen LogP contribution in [0.4, 0.5) is 0 Å². The van der Waals surface area contributed by atoms with Crippen LogP contribution in [-0.2, 0) is 16.0 Å². The molecular weight excluding hydrogens is 290 g/mol. The summed E-state index contributed by atoms with van der Waals surface area (Å²) in [6.07, 6.45) is 1.04. The summed E-state index contributed by atoms with van der Waals surface area (Å²) in [6, 6.07) is 8.46. The van der Waals surface area contributed by atoms with E-state index in [-0.39, 0.29) is 17.2 Å². The van der Waals surface area contributed by atoms with Gasteiger partial charge >= 0.3 is 5.97 Å². The molecule has 0 spiro atoms. The minimum Gasteiger partial charge on any atom is -0.480 e. The summed E-state index contributed by atoms with van der Waals surface area (Å²) in [5.74, 6) is -1.00. The second-order valence-electron chi connectivity index (χ2n) is 7.64. The molecule has 0 radical (unpaired) electrons. The van der Waals surface area contributed by atoms with E-state index in [1.165, 1.54) is 0 Å². The van der Waals surface area contributed by atoms with E-state index in [0.717, 1.165) is 12.0 Å². The van der Waals surface area contributed by atoms with Gasteiger partial charge in [-0.3, -0.25) is 4.79 Å². The molecule has 128 valence electrons. The van der Waals surface area contributed by atoms with Gasteiger partial charge in [0.05, 0.1) is 0 Å². The van der Waals surface area contributed by atoms with Crippen LogP contribution < -0.4 is 5.32 Å². The molecule has 0 saturated carbocycles. The van der Waals surface area contributed by atoms with Crippen molar-refractivity contribution in [1.29, 1.82) is 0 Å². The number of aliphatic carboxylic acids is 1. The number of carboxylic acids is 1. The number of hydrogen-bond donors (Lipinski definition) is 2. The first-order valence-corrected chi connectivity index (χ1v) is 8.18. The zero-order valence-electron chi connectivity index (χ0n) is 14.8. The molecule has 1 aromatic rings. The zero-order chi connectivity index (χ0) is 17.6. The Labute approximate surface area is 139 Å². The lowest BCUT2D eigenvalue weighted by atomic mass is 9.75. The maximum atomic E-state index is 12.7. The largest absolute Gasteiger partial charge is 0.480 e. The van der Waals surface area contributed by atoms with Gasteiger partial charge in [-0.05, 0) is 23.3 Å². The third kappa shape index (κ3) is 6.43. The van der Waals surface area contributed by atoms with Crippen LogP contribution in [-0.4, -0.2) is 23.0 Å². The Balaban J connectivity index is 2.85. The number of nitrogens with one attached hydrogen (secondary N) is 1. The van der Waals surface area contributed by atoms with Crippen molar-refractivity contribution in [3.8, 4) is 0 Å². The molecule has 1 unspecified atom stereocenters. The standard InChI is InChI=1S/C19H29NO3/c1-13(2)11-15(19(3,4)5)17(21)20-16(18(22)23)12-14-9-7-6-8-10-14/h6-10,13,15-16H,11-12H2,1-5H3,(H,20,21)(H,22,23)/t15?,16-/m0/s1. The number of carbonyl (C=O) groups is 2. The first-order chi connectivity index (χ1) is 10.6. The molecule has 1 aromatic carbocycles. The quantitative estimate of drug-likeness (QED) is 0.808. The van der Waals surface area contributed by atoms with Crippen molar-refractivity contribution in [1.82, 2.24) is 5.32 Å². The average molecular weight is 319 g/mol. The van der Waals surface area contributed by atoms with Gasteiger partial charge in [-0.15, -0.1) is 0 Å². The van der Waals surface area contributed by atoms with Crippen LogP contribution in [0, 0.1) is 17.3 Å². The van der Waals surface area contributed by atoms with E-state index in [0.29, 0.717) is 12.3 Å². The van der Waals surface area contributed by atoms with Crippen LogP contribution in [0.3, 0.4) is 0 Å². The Morgan fingerprint density at radius 1 is 1.13 bits per heavy atom. The molecular formula is C19H29NO3. The molecule has 4 nitrogen and oxygen atoms in total. The van der Waals surface area contributed by atoms with Crippen molar-refractivity contribution in [2.75, 3.05) is 0 Å². The summed E-state index contributed by atoms with van der Waals surface area (Å²) >= 11 is 0. The predicted molar refractivity (Wildman–Crippen MR) is 92.1 cm³/mol. The fraction of sp³-hybridized carbons (Fsp3) is 0.579. The first-order valence-electron chi connectivity index (χ1n) is 8.18. The average Bonchev–Trinajstić information content (AvgIpc) is 2.43. The van der Waals surface area contributed by atoms with E-state index >= 15 is 0 Å². The molecule has 1 amide bonds.